The Morgan fingerprint density at radius 3 is 2.41 bits per heavy atom. The van der Waals surface area contributed by atoms with Gasteiger partial charge in [0, 0.05) is 6.04 Å². The molecule has 3 N–H and O–H groups in total. The third-order valence-electron chi connectivity index (χ3n) is 3.16. The zero-order valence-corrected chi connectivity index (χ0v) is 12.0. The molecule has 0 aliphatic carbocycles. The first-order valence-corrected chi connectivity index (χ1v) is 7.03. The van der Waals surface area contributed by atoms with Crippen LogP contribution in [0.15, 0.2) is 0 Å². The molecule has 3 nitrogen and oxygen atoms in total. The van der Waals surface area contributed by atoms with Gasteiger partial charge in [-0.1, -0.05) is 46.0 Å². The summed E-state index contributed by atoms with van der Waals surface area (Å²) < 4.78 is 0. The number of carbonyl (C=O) groups excluding carboxylic acids is 1. The maximum Gasteiger partial charge on any atom is 0.240 e. The quantitative estimate of drug-likeness (QED) is 0.611. The van der Waals surface area contributed by atoms with Crippen LogP contribution in [0.3, 0.4) is 0 Å². The lowest BCUT2D eigenvalue weighted by molar-refractivity contribution is -0.126. The summed E-state index contributed by atoms with van der Waals surface area (Å²) in [6, 6.07) is 0.235. The highest BCUT2D eigenvalue weighted by Gasteiger charge is 2.27. The molecule has 2 unspecified atom stereocenters. The van der Waals surface area contributed by atoms with Crippen molar-refractivity contribution in [1.29, 1.82) is 0 Å². The van der Waals surface area contributed by atoms with Crippen molar-refractivity contribution in [2.45, 2.75) is 84.2 Å². The molecule has 2 atom stereocenters. The van der Waals surface area contributed by atoms with E-state index in [0.29, 0.717) is 0 Å². The van der Waals surface area contributed by atoms with E-state index < -0.39 is 5.54 Å². The molecule has 0 heterocycles. The summed E-state index contributed by atoms with van der Waals surface area (Å²) in [4.78, 5) is 11.9. The van der Waals surface area contributed by atoms with E-state index in [0.717, 1.165) is 19.3 Å². The van der Waals surface area contributed by atoms with E-state index >= 15 is 0 Å². The molecule has 0 aromatic heterocycles. The van der Waals surface area contributed by atoms with Crippen molar-refractivity contribution in [3.63, 3.8) is 0 Å². The van der Waals surface area contributed by atoms with E-state index in [1.807, 2.05) is 13.8 Å². The van der Waals surface area contributed by atoms with Gasteiger partial charge >= 0.3 is 0 Å². The lowest BCUT2D eigenvalue weighted by atomic mass is 9.96. The third-order valence-corrected chi connectivity index (χ3v) is 3.16. The van der Waals surface area contributed by atoms with Gasteiger partial charge in [0.05, 0.1) is 5.54 Å². The van der Waals surface area contributed by atoms with E-state index in [4.69, 9.17) is 5.73 Å². The summed E-state index contributed by atoms with van der Waals surface area (Å²) in [6.45, 7) is 8.13. The topological polar surface area (TPSA) is 55.1 Å². The maximum absolute atomic E-state index is 11.9. The minimum Gasteiger partial charge on any atom is -0.352 e. The van der Waals surface area contributed by atoms with Gasteiger partial charge in [-0.05, 0) is 26.7 Å². The zero-order valence-electron chi connectivity index (χ0n) is 12.0. The minimum absolute atomic E-state index is 0.0117. The highest BCUT2D eigenvalue weighted by atomic mass is 16.2. The van der Waals surface area contributed by atoms with E-state index in [9.17, 15) is 4.79 Å². The molecule has 0 radical (unpaired) electrons. The van der Waals surface area contributed by atoms with Gasteiger partial charge in [-0.15, -0.1) is 0 Å². The number of unbranched alkanes of at least 4 members (excludes halogenated alkanes) is 3. The first-order chi connectivity index (χ1) is 7.94. The van der Waals surface area contributed by atoms with Gasteiger partial charge in [0.2, 0.25) is 5.91 Å². The fraction of sp³-hybridized carbons (Fsp3) is 0.929. The average Bonchev–Trinajstić information content (AvgIpc) is 2.24. The van der Waals surface area contributed by atoms with Crippen molar-refractivity contribution >= 4 is 5.91 Å². The zero-order chi connectivity index (χ0) is 13.3. The Hall–Kier alpha value is -0.570. The van der Waals surface area contributed by atoms with Gasteiger partial charge in [-0.2, -0.15) is 0 Å². The largest absolute Gasteiger partial charge is 0.352 e. The van der Waals surface area contributed by atoms with Crippen LogP contribution >= 0.6 is 0 Å². The van der Waals surface area contributed by atoms with E-state index in [1.54, 1.807) is 0 Å². The van der Waals surface area contributed by atoms with Crippen molar-refractivity contribution in [3.8, 4) is 0 Å². The summed E-state index contributed by atoms with van der Waals surface area (Å²) >= 11 is 0. The molecule has 0 aliphatic rings. The Kier molecular flexibility index (Phi) is 8.23. The van der Waals surface area contributed by atoms with Gasteiger partial charge in [-0.25, -0.2) is 0 Å². The van der Waals surface area contributed by atoms with Gasteiger partial charge in [0.15, 0.2) is 0 Å². The molecule has 0 fully saturated rings. The molecular formula is C14H30N2O. The summed E-state index contributed by atoms with van der Waals surface area (Å²) in [5, 5.41) is 3.02. The Bertz CT molecular complexity index is 214. The standard InChI is InChI=1S/C14H30N2O/c1-5-7-8-9-10-12(3)16-13(17)14(4,15)11-6-2/h12H,5-11,15H2,1-4H3,(H,16,17). The second-order valence-electron chi connectivity index (χ2n) is 5.39. The molecule has 0 rings (SSSR count). The minimum atomic E-state index is -0.716. The Labute approximate surface area is 107 Å². The Morgan fingerprint density at radius 1 is 1.24 bits per heavy atom. The van der Waals surface area contributed by atoms with Crippen LogP contribution < -0.4 is 11.1 Å². The third kappa shape index (κ3) is 7.37. The van der Waals surface area contributed by atoms with Crippen LogP contribution in [-0.2, 0) is 4.79 Å². The van der Waals surface area contributed by atoms with Crippen LogP contribution in [-0.4, -0.2) is 17.5 Å². The summed E-state index contributed by atoms with van der Waals surface area (Å²) in [6.07, 6.45) is 7.69. The van der Waals surface area contributed by atoms with Crippen molar-refractivity contribution < 1.29 is 4.79 Å². The molecule has 0 aromatic rings. The first kappa shape index (κ1) is 16.4. The van der Waals surface area contributed by atoms with Gasteiger partial charge in [0.25, 0.3) is 0 Å². The van der Waals surface area contributed by atoms with Crippen LogP contribution in [0.4, 0.5) is 0 Å². The molecule has 17 heavy (non-hydrogen) atoms. The fourth-order valence-electron chi connectivity index (χ4n) is 1.97. The molecule has 1 amide bonds. The molecule has 0 spiro atoms. The van der Waals surface area contributed by atoms with E-state index in [1.165, 1.54) is 25.7 Å². The van der Waals surface area contributed by atoms with Crippen molar-refractivity contribution in [2.75, 3.05) is 0 Å². The number of nitrogens with two attached hydrogens (primary N) is 1. The van der Waals surface area contributed by atoms with Gasteiger partial charge in [-0.3, -0.25) is 4.79 Å². The average molecular weight is 242 g/mol. The smallest absolute Gasteiger partial charge is 0.240 e. The van der Waals surface area contributed by atoms with Gasteiger partial charge < -0.3 is 11.1 Å². The predicted molar refractivity (Wildman–Crippen MR) is 73.9 cm³/mol. The molecular weight excluding hydrogens is 212 g/mol. The first-order valence-electron chi connectivity index (χ1n) is 7.03. The number of hydrogen-bond acceptors (Lipinski definition) is 2. The monoisotopic (exact) mass is 242 g/mol. The number of amides is 1. The Balaban J connectivity index is 3.86. The van der Waals surface area contributed by atoms with Crippen LogP contribution in [0.1, 0.15) is 72.6 Å². The molecule has 0 aliphatic heterocycles. The molecule has 0 aromatic carbocycles. The number of nitrogens with one attached hydrogen (secondary N) is 1. The molecule has 0 saturated heterocycles. The Morgan fingerprint density at radius 2 is 1.88 bits per heavy atom. The molecule has 0 saturated carbocycles. The van der Waals surface area contributed by atoms with E-state index in [-0.39, 0.29) is 11.9 Å². The normalized spacial score (nSPS) is 16.3. The van der Waals surface area contributed by atoms with Crippen LogP contribution in [0.5, 0.6) is 0 Å². The predicted octanol–water partition coefficient (Wildman–Crippen LogP) is 2.98. The second-order valence-corrected chi connectivity index (χ2v) is 5.39. The van der Waals surface area contributed by atoms with Gasteiger partial charge in [0.1, 0.15) is 0 Å². The highest BCUT2D eigenvalue weighted by molar-refractivity contribution is 5.85. The summed E-state index contributed by atoms with van der Waals surface area (Å²) in [5.41, 5.74) is 5.27. The van der Waals surface area contributed by atoms with Crippen molar-refractivity contribution in [3.05, 3.63) is 0 Å². The molecule has 0 bridgehead atoms. The van der Waals surface area contributed by atoms with Crippen molar-refractivity contribution in [1.82, 2.24) is 5.32 Å². The molecule has 3 heteroatoms. The summed E-state index contributed by atoms with van der Waals surface area (Å²) in [7, 11) is 0. The maximum atomic E-state index is 11.9. The number of carbonyl (C=O) groups is 1. The number of hydrogen-bond donors (Lipinski definition) is 2. The SMILES string of the molecule is CCCCCCC(C)NC(=O)C(C)(N)CCC. The lowest BCUT2D eigenvalue weighted by Gasteiger charge is -2.25. The highest BCUT2D eigenvalue weighted by Crippen LogP contribution is 2.10. The van der Waals surface area contributed by atoms with Crippen LogP contribution in [0.2, 0.25) is 0 Å². The van der Waals surface area contributed by atoms with Crippen LogP contribution in [0, 0.1) is 0 Å². The molecule has 102 valence electrons. The lowest BCUT2D eigenvalue weighted by Crippen LogP contribution is -2.53. The summed E-state index contributed by atoms with van der Waals surface area (Å²) in [5.74, 6) is -0.0117. The second kappa shape index (κ2) is 8.51. The fourth-order valence-corrected chi connectivity index (χ4v) is 1.97. The number of rotatable bonds is 9. The van der Waals surface area contributed by atoms with Crippen LogP contribution in [0.25, 0.3) is 0 Å². The van der Waals surface area contributed by atoms with Crippen molar-refractivity contribution in [2.24, 2.45) is 5.73 Å². The van der Waals surface area contributed by atoms with E-state index in [2.05, 4.69) is 19.2 Å².